The van der Waals surface area contributed by atoms with Gasteiger partial charge in [0.25, 0.3) is 11.2 Å². The molecule has 4 aromatic rings. The summed E-state index contributed by atoms with van der Waals surface area (Å²) in [4.78, 5) is 41.6. The van der Waals surface area contributed by atoms with E-state index in [-0.39, 0.29) is 16.6 Å². The molecule has 166 valence electrons. The summed E-state index contributed by atoms with van der Waals surface area (Å²) in [5.74, 6) is 0. The molecule has 1 heterocycles. The number of fused-ring (bicyclic) bond motifs is 1. The highest BCUT2D eigenvalue weighted by Gasteiger charge is 2.18. The number of benzene rings is 3. The Bertz CT molecular complexity index is 1440. The predicted octanol–water partition coefficient (Wildman–Crippen LogP) is 5.53. The Labute approximate surface area is 195 Å². The quantitative estimate of drug-likeness (QED) is 0.216. The van der Waals surface area contributed by atoms with Gasteiger partial charge in [-0.1, -0.05) is 23.2 Å². The van der Waals surface area contributed by atoms with Crippen LogP contribution in [0, 0.1) is 10.1 Å². The zero-order valence-corrected chi connectivity index (χ0v) is 18.1. The standard InChI is InChI=1S/C21H14Cl2N6O4/c22-11-1-6-14(23)16(9-11)28-21(31)27-13-4-2-12(3-5-13)26-15-7-8-17(29(32)33)19-18(15)20(30)25-10-24-19/h1-10,26H,(H,24,25,30)(H2,27,28,31). The molecule has 0 saturated heterocycles. The first-order valence-corrected chi connectivity index (χ1v) is 10.1. The van der Waals surface area contributed by atoms with Crippen molar-refractivity contribution < 1.29 is 9.72 Å². The van der Waals surface area contributed by atoms with Crippen LogP contribution in [0.1, 0.15) is 0 Å². The van der Waals surface area contributed by atoms with Gasteiger partial charge in [-0.3, -0.25) is 14.9 Å². The summed E-state index contributed by atoms with van der Waals surface area (Å²) < 4.78 is 0. The van der Waals surface area contributed by atoms with E-state index in [0.717, 1.165) is 6.33 Å². The lowest BCUT2D eigenvalue weighted by Crippen LogP contribution is -2.19. The fraction of sp³-hybridized carbons (Fsp3) is 0. The number of aromatic amines is 1. The predicted molar refractivity (Wildman–Crippen MR) is 128 cm³/mol. The Morgan fingerprint density at radius 2 is 1.70 bits per heavy atom. The van der Waals surface area contributed by atoms with E-state index in [2.05, 4.69) is 25.9 Å². The highest BCUT2D eigenvalue weighted by molar-refractivity contribution is 6.35. The highest BCUT2D eigenvalue weighted by Crippen LogP contribution is 2.30. The van der Waals surface area contributed by atoms with Crippen LogP contribution >= 0.6 is 23.2 Å². The van der Waals surface area contributed by atoms with Crippen molar-refractivity contribution >= 4 is 68.6 Å². The average Bonchev–Trinajstić information content (AvgIpc) is 2.77. The topological polar surface area (TPSA) is 142 Å². The maximum Gasteiger partial charge on any atom is 0.323 e. The molecule has 0 aliphatic rings. The molecule has 2 amide bonds. The largest absolute Gasteiger partial charge is 0.355 e. The van der Waals surface area contributed by atoms with Gasteiger partial charge >= 0.3 is 6.03 Å². The van der Waals surface area contributed by atoms with Gasteiger partial charge in [0, 0.05) is 22.5 Å². The molecule has 4 N–H and O–H groups in total. The van der Waals surface area contributed by atoms with Crippen LogP contribution in [0.15, 0.2) is 65.7 Å². The average molecular weight is 485 g/mol. The Morgan fingerprint density at radius 1 is 0.970 bits per heavy atom. The van der Waals surface area contributed by atoms with Crippen molar-refractivity contribution in [1.29, 1.82) is 0 Å². The van der Waals surface area contributed by atoms with Crippen LogP contribution in [-0.2, 0) is 0 Å². The number of rotatable bonds is 5. The molecular formula is C21H14Cl2N6O4. The van der Waals surface area contributed by atoms with Crippen LogP contribution in [0.5, 0.6) is 0 Å². The summed E-state index contributed by atoms with van der Waals surface area (Å²) in [7, 11) is 0. The van der Waals surface area contributed by atoms with Gasteiger partial charge in [-0.2, -0.15) is 0 Å². The third-order valence-electron chi connectivity index (χ3n) is 4.57. The zero-order valence-electron chi connectivity index (χ0n) is 16.6. The smallest absolute Gasteiger partial charge is 0.323 e. The number of H-pyrrole nitrogens is 1. The van der Waals surface area contributed by atoms with Gasteiger partial charge in [-0.15, -0.1) is 0 Å². The number of amides is 2. The lowest BCUT2D eigenvalue weighted by molar-refractivity contribution is -0.383. The normalized spacial score (nSPS) is 10.6. The molecular weight excluding hydrogens is 471 g/mol. The van der Waals surface area contributed by atoms with Crippen LogP contribution in [0.4, 0.5) is 33.2 Å². The summed E-state index contributed by atoms with van der Waals surface area (Å²) in [6.45, 7) is 0. The number of anilines is 4. The number of urea groups is 1. The third kappa shape index (κ3) is 4.86. The lowest BCUT2D eigenvalue weighted by atomic mass is 10.1. The second-order valence-corrected chi connectivity index (χ2v) is 7.59. The van der Waals surface area contributed by atoms with Gasteiger partial charge in [0.15, 0.2) is 5.52 Å². The molecule has 10 nitrogen and oxygen atoms in total. The van der Waals surface area contributed by atoms with Crippen molar-refractivity contribution in [2.45, 2.75) is 0 Å². The molecule has 0 bridgehead atoms. The number of nitro groups is 1. The summed E-state index contributed by atoms with van der Waals surface area (Å²) >= 11 is 12.0. The molecule has 0 spiro atoms. The van der Waals surface area contributed by atoms with Crippen molar-refractivity contribution in [3.8, 4) is 0 Å². The summed E-state index contributed by atoms with van der Waals surface area (Å²) in [6, 6.07) is 13.5. The Balaban J connectivity index is 1.51. The van der Waals surface area contributed by atoms with E-state index in [1.54, 1.807) is 36.4 Å². The molecule has 0 unspecified atom stereocenters. The highest BCUT2D eigenvalue weighted by atomic mass is 35.5. The maximum atomic E-state index is 12.3. The fourth-order valence-electron chi connectivity index (χ4n) is 3.09. The van der Waals surface area contributed by atoms with Crippen molar-refractivity contribution in [3.63, 3.8) is 0 Å². The van der Waals surface area contributed by atoms with Crippen molar-refractivity contribution in [2.75, 3.05) is 16.0 Å². The van der Waals surface area contributed by atoms with Crippen LogP contribution in [-0.4, -0.2) is 20.9 Å². The molecule has 12 heteroatoms. The Morgan fingerprint density at radius 3 is 2.42 bits per heavy atom. The minimum Gasteiger partial charge on any atom is -0.355 e. The Kier molecular flexibility index (Phi) is 6.11. The maximum absolute atomic E-state index is 12.3. The van der Waals surface area contributed by atoms with Crippen molar-refractivity contribution in [1.82, 2.24) is 9.97 Å². The second kappa shape index (κ2) is 9.15. The van der Waals surface area contributed by atoms with Gasteiger partial charge in [-0.05, 0) is 48.5 Å². The first kappa shape index (κ1) is 22.1. The first-order valence-electron chi connectivity index (χ1n) is 9.37. The molecule has 3 aromatic carbocycles. The lowest BCUT2D eigenvalue weighted by Gasteiger charge is -2.11. The number of halogens is 2. The molecule has 0 atom stereocenters. The zero-order chi connectivity index (χ0) is 23.5. The summed E-state index contributed by atoms with van der Waals surface area (Å²) in [5.41, 5.74) is 0.973. The number of carbonyl (C=O) groups excluding carboxylic acids is 1. The van der Waals surface area contributed by atoms with Crippen molar-refractivity contribution in [2.24, 2.45) is 0 Å². The number of nitrogens with one attached hydrogen (secondary N) is 4. The van der Waals surface area contributed by atoms with E-state index in [0.29, 0.717) is 32.8 Å². The Hall–Kier alpha value is -4.15. The third-order valence-corrected chi connectivity index (χ3v) is 5.13. The fourth-order valence-corrected chi connectivity index (χ4v) is 3.43. The van der Waals surface area contributed by atoms with Crippen LogP contribution in [0.25, 0.3) is 10.9 Å². The van der Waals surface area contributed by atoms with Crippen LogP contribution in [0.2, 0.25) is 10.0 Å². The second-order valence-electron chi connectivity index (χ2n) is 6.75. The van der Waals surface area contributed by atoms with Crippen molar-refractivity contribution in [3.05, 3.63) is 91.4 Å². The minimum absolute atomic E-state index is 0.0246. The molecule has 0 aliphatic carbocycles. The molecule has 0 fully saturated rings. The molecule has 0 aliphatic heterocycles. The monoisotopic (exact) mass is 484 g/mol. The van der Waals surface area contributed by atoms with Gasteiger partial charge in [-0.25, -0.2) is 9.78 Å². The van der Waals surface area contributed by atoms with E-state index in [9.17, 15) is 19.7 Å². The van der Waals surface area contributed by atoms with Gasteiger partial charge < -0.3 is 20.9 Å². The SMILES string of the molecule is O=C(Nc1ccc(Nc2ccc([N+](=O)[O-])c3nc[nH]c(=O)c23)cc1)Nc1cc(Cl)ccc1Cl. The number of carbonyl (C=O) groups is 1. The van der Waals surface area contributed by atoms with E-state index in [1.807, 2.05) is 0 Å². The minimum atomic E-state index is -0.597. The molecule has 0 radical (unpaired) electrons. The van der Waals surface area contributed by atoms with Gasteiger partial charge in [0.2, 0.25) is 0 Å². The van der Waals surface area contributed by atoms with E-state index < -0.39 is 16.5 Å². The van der Waals surface area contributed by atoms with Gasteiger partial charge in [0.1, 0.15) is 0 Å². The van der Waals surface area contributed by atoms with E-state index >= 15 is 0 Å². The number of non-ortho nitro benzene ring substituents is 1. The summed E-state index contributed by atoms with van der Waals surface area (Å²) in [5, 5.41) is 20.4. The summed E-state index contributed by atoms with van der Waals surface area (Å²) in [6.07, 6.45) is 1.11. The number of hydrogen-bond donors (Lipinski definition) is 4. The van der Waals surface area contributed by atoms with E-state index in [1.165, 1.54) is 18.2 Å². The van der Waals surface area contributed by atoms with E-state index in [4.69, 9.17) is 23.2 Å². The van der Waals surface area contributed by atoms with Crippen LogP contribution in [0.3, 0.4) is 0 Å². The van der Waals surface area contributed by atoms with Gasteiger partial charge in [0.05, 0.1) is 33.0 Å². The molecule has 1 aromatic heterocycles. The molecule has 0 saturated carbocycles. The first-order chi connectivity index (χ1) is 15.8. The molecule has 4 rings (SSSR count). The molecule has 33 heavy (non-hydrogen) atoms. The number of aromatic nitrogens is 2. The number of nitro benzene ring substituents is 1. The number of nitrogens with zero attached hydrogens (tertiary/aromatic N) is 2. The van der Waals surface area contributed by atoms with Crippen LogP contribution < -0.4 is 21.5 Å². The number of hydrogen-bond acceptors (Lipinski definition) is 6.